The molecule has 4 nitrogen and oxygen atoms in total. The molecule has 124 valence electrons. The first-order valence-corrected chi connectivity index (χ1v) is 8.65. The summed E-state index contributed by atoms with van der Waals surface area (Å²) in [5.74, 6) is 0.934. The highest BCUT2D eigenvalue weighted by Gasteiger charge is 2.21. The molecule has 0 radical (unpaired) electrons. The van der Waals surface area contributed by atoms with Crippen molar-refractivity contribution < 1.29 is 4.74 Å². The molecule has 1 aliphatic rings. The van der Waals surface area contributed by atoms with Gasteiger partial charge in [0.1, 0.15) is 11.9 Å². The highest BCUT2D eigenvalue weighted by molar-refractivity contribution is 6.31. The van der Waals surface area contributed by atoms with Gasteiger partial charge < -0.3 is 10.1 Å². The molecule has 2 aromatic rings. The van der Waals surface area contributed by atoms with E-state index in [1.165, 1.54) is 0 Å². The Kier molecular flexibility index (Phi) is 4.93. The first kappa shape index (κ1) is 16.3. The summed E-state index contributed by atoms with van der Waals surface area (Å²) in [6, 6.07) is 6.27. The molecule has 0 spiro atoms. The summed E-state index contributed by atoms with van der Waals surface area (Å²) in [4.78, 5) is 0. The van der Waals surface area contributed by atoms with Crippen LogP contribution >= 0.6 is 11.6 Å². The zero-order valence-electron chi connectivity index (χ0n) is 14.0. The number of aryl methyl sites for hydroxylation is 1. The van der Waals surface area contributed by atoms with E-state index in [1.54, 1.807) is 0 Å². The maximum atomic E-state index is 6.39. The van der Waals surface area contributed by atoms with E-state index in [0.717, 1.165) is 53.5 Å². The minimum atomic E-state index is 0.255. The van der Waals surface area contributed by atoms with E-state index in [2.05, 4.69) is 31.2 Å². The Balaban J connectivity index is 2.02. The number of ether oxygens (including phenoxy) is 1. The number of nitrogens with zero attached hydrogens (tertiary/aromatic N) is 2. The summed E-state index contributed by atoms with van der Waals surface area (Å²) in [6.45, 7) is 8.33. The van der Waals surface area contributed by atoms with E-state index in [9.17, 15) is 0 Å². The van der Waals surface area contributed by atoms with Crippen molar-refractivity contribution in [2.24, 2.45) is 0 Å². The summed E-state index contributed by atoms with van der Waals surface area (Å²) in [5, 5.41) is 8.55. The molecule has 0 atom stereocenters. The Labute approximate surface area is 142 Å². The zero-order valence-corrected chi connectivity index (χ0v) is 14.7. The molecule has 1 aliphatic heterocycles. The molecule has 0 bridgehead atoms. The molecule has 1 aromatic carbocycles. The summed E-state index contributed by atoms with van der Waals surface area (Å²) < 4.78 is 8.41. The zero-order chi connectivity index (χ0) is 16.4. The summed E-state index contributed by atoms with van der Waals surface area (Å²) in [5.41, 5.74) is 3.15. The minimum absolute atomic E-state index is 0.255. The lowest BCUT2D eigenvalue weighted by atomic mass is 10.0. The lowest BCUT2D eigenvalue weighted by Crippen LogP contribution is -2.34. The third-order valence-corrected chi connectivity index (χ3v) is 4.46. The highest BCUT2D eigenvalue weighted by atomic mass is 35.5. The van der Waals surface area contributed by atoms with Crippen molar-refractivity contribution in [3.05, 3.63) is 35.0 Å². The van der Waals surface area contributed by atoms with E-state index in [4.69, 9.17) is 16.3 Å². The molecule has 0 amide bonds. The monoisotopic (exact) mass is 333 g/mol. The molecule has 2 heterocycles. The molecule has 1 aromatic heterocycles. The third-order valence-electron chi connectivity index (χ3n) is 4.25. The Hall–Kier alpha value is -1.52. The number of aromatic nitrogens is 2. The molecule has 0 saturated carbocycles. The average Bonchev–Trinajstić information content (AvgIpc) is 3.00. The van der Waals surface area contributed by atoms with Gasteiger partial charge in [-0.2, -0.15) is 5.10 Å². The molecular formula is C18H24ClN3O. The molecule has 1 fully saturated rings. The number of nitrogens with one attached hydrogen (secondary N) is 1. The first-order valence-electron chi connectivity index (χ1n) is 8.27. The number of piperidine rings is 1. The number of halogens is 1. The lowest BCUT2D eigenvalue weighted by Gasteiger charge is -2.26. The quantitative estimate of drug-likeness (QED) is 0.910. The van der Waals surface area contributed by atoms with E-state index >= 15 is 0 Å². The second-order valence-corrected chi connectivity index (χ2v) is 6.86. The second-order valence-electron chi connectivity index (χ2n) is 6.42. The van der Waals surface area contributed by atoms with Crippen LogP contribution in [0, 0.1) is 6.92 Å². The highest BCUT2D eigenvalue weighted by Crippen LogP contribution is 2.37. The van der Waals surface area contributed by atoms with Gasteiger partial charge in [-0.1, -0.05) is 11.6 Å². The van der Waals surface area contributed by atoms with Crippen molar-refractivity contribution in [2.45, 2.75) is 45.8 Å². The molecule has 3 rings (SSSR count). The van der Waals surface area contributed by atoms with Crippen LogP contribution in [0.5, 0.6) is 5.75 Å². The number of rotatable bonds is 4. The Morgan fingerprint density at radius 1 is 1.30 bits per heavy atom. The van der Waals surface area contributed by atoms with Crippen LogP contribution in [0.25, 0.3) is 11.3 Å². The van der Waals surface area contributed by atoms with Crippen LogP contribution in [-0.4, -0.2) is 29.0 Å². The maximum Gasteiger partial charge on any atom is 0.132 e. The Morgan fingerprint density at radius 3 is 2.74 bits per heavy atom. The van der Waals surface area contributed by atoms with Gasteiger partial charge >= 0.3 is 0 Å². The van der Waals surface area contributed by atoms with Crippen molar-refractivity contribution in [2.75, 3.05) is 13.1 Å². The molecule has 1 saturated heterocycles. The standard InChI is InChI=1S/C18H24ClN3O/c1-12(2)22-17(6-9-21-22)16-11-14(19)10-13(3)18(16)23-15-4-7-20-8-5-15/h6,9-12,15,20H,4-5,7-8H2,1-3H3. The van der Waals surface area contributed by atoms with Crippen molar-refractivity contribution in [1.29, 1.82) is 0 Å². The Bertz CT molecular complexity index is 675. The largest absolute Gasteiger partial charge is 0.489 e. The summed E-state index contributed by atoms with van der Waals surface area (Å²) in [7, 11) is 0. The fourth-order valence-electron chi connectivity index (χ4n) is 3.10. The third kappa shape index (κ3) is 3.54. The average molecular weight is 334 g/mol. The Morgan fingerprint density at radius 2 is 2.04 bits per heavy atom. The van der Waals surface area contributed by atoms with Gasteiger partial charge in [-0.05, 0) is 70.5 Å². The van der Waals surface area contributed by atoms with Gasteiger partial charge in [0.25, 0.3) is 0 Å². The number of benzene rings is 1. The van der Waals surface area contributed by atoms with Crippen LogP contribution in [0.3, 0.4) is 0 Å². The predicted octanol–water partition coefficient (Wildman–Crippen LogP) is 4.22. The molecule has 0 aliphatic carbocycles. The van der Waals surface area contributed by atoms with Crippen LogP contribution in [0.4, 0.5) is 0 Å². The van der Waals surface area contributed by atoms with Gasteiger partial charge in [-0.25, -0.2) is 0 Å². The molecule has 1 N–H and O–H groups in total. The van der Waals surface area contributed by atoms with Crippen LogP contribution in [0.2, 0.25) is 5.02 Å². The van der Waals surface area contributed by atoms with Crippen molar-refractivity contribution in [1.82, 2.24) is 15.1 Å². The van der Waals surface area contributed by atoms with Crippen LogP contribution in [-0.2, 0) is 0 Å². The predicted molar refractivity (Wildman–Crippen MR) is 94.3 cm³/mol. The molecule has 23 heavy (non-hydrogen) atoms. The van der Waals surface area contributed by atoms with E-state index in [1.807, 2.05) is 29.1 Å². The van der Waals surface area contributed by atoms with E-state index < -0.39 is 0 Å². The minimum Gasteiger partial charge on any atom is -0.489 e. The van der Waals surface area contributed by atoms with Gasteiger partial charge in [0.2, 0.25) is 0 Å². The smallest absolute Gasteiger partial charge is 0.132 e. The maximum absolute atomic E-state index is 6.39. The fraction of sp³-hybridized carbons (Fsp3) is 0.500. The van der Waals surface area contributed by atoms with Gasteiger partial charge in [0.15, 0.2) is 0 Å². The van der Waals surface area contributed by atoms with Gasteiger partial charge in [-0.3, -0.25) is 4.68 Å². The number of hydrogen-bond acceptors (Lipinski definition) is 3. The van der Waals surface area contributed by atoms with Crippen LogP contribution < -0.4 is 10.1 Å². The van der Waals surface area contributed by atoms with Crippen LogP contribution in [0.1, 0.15) is 38.3 Å². The fourth-order valence-corrected chi connectivity index (χ4v) is 3.37. The van der Waals surface area contributed by atoms with Crippen LogP contribution in [0.15, 0.2) is 24.4 Å². The second kappa shape index (κ2) is 6.93. The van der Waals surface area contributed by atoms with Gasteiger partial charge in [-0.15, -0.1) is 0 Å². The van der Waals surface area contributed by atoms with E-state index in [-0.39, 0.29) is 12.1 Å². The van der Waals surface area contributed by atoms with Crippen molar-refractivity contribution in [3.8, 4) is 17.0 Å². The molecule has 5 heteroatoms. The first-order chi connectivity index (χ1) is 11.1. The van der Waals surface area contributed by atoms with Crippen molar-refractivity contribution in [3.63, 3.8) is 0 Å². The van der Waals surface area contributed by atoms with E-state index in [0.29, 0.717) is 0 Å². The van der Waals surface area contributed by atoms with Gasteiger partial charge in [0.05, 0.1) is 5.69 Å². The van der Waals surface area contributed by atoms with Gasteiger partial charge in [0, 0.05) is 22.8 Å². The topological polar surface area (TPSA) is 39.1 Å². The molecule has 0 unspecified atom stereocenters. The molecular weight excluding hydrogens is 310 g/mol. The SMILES string of the molecule is Cc1cc(Cl)cc(-c2ccnn2C(C)C)c1OC1CCNCC1. The normalized spacial score (nSPS) is 16.0. The summed E-state index contributed by atoms with van der Waals surface area (Å²) in [6.07, 6.45) is 4.15. The summed E-state index contributed by atoms with van der Waals surface area (Å²) >= 11 is 6.32. The number of hydrogen-bond donors (Lipinski definition) is 1. The van der Waals surface area contributed by atoms with Crippen molar-refractivity contribution >= 4 is 11.6 Å². The lowest BCUT2D eigenvalue weighted by molar-refractivity contribution is 0.162.